The third kappa shape index (κ3) is 3.89. The first kappa shape index (κ1) is 22.8. The average molecular weight is 470 g/mol. The Bertz CT molecular complexity index is 1240. The SMILES string of the molecule is CCOC(=O)C1C(=O)[C@H]2C(c3ccccc3)=NO[C@]2(c2ccccc2)CC1c1ccc(OC)cc1. The monoisotopic (exact) mass is 469 g/mol. The van der Waals surface area contributed by atoms with Crippen LogP contribution in [0.4, 0.5) is 0 Å². The Balaban J connectivity index is 1.66. The number of hydrogen-bond donors (Lipinski definition) is 0. The molecule has 0 saturated heterocycles. The molecule has 2 unspecified atom stereocenters. The van der Waals surface area contributed by atoms with Crippen LogP contribution in [0, 0.1) is 11.8 Å². The minimum absolute atomic E-state index is 0.197. The molecule has 3 aromatic carbocycles. The second-order valence-electron chi connectivity index (χ2n) is 8.84. The van der Waals surface area contributed by atoms with Crippen LogP contribution in [0.1, 0.15) is 36.0 Å². The Morgan fingerprint density at radius 3 is 2.29 bits per heavy atom. The summed E-state index contributed by atoms with van der Waals surface area (Å²) < 4.78 is 10.7. The maximum absolute atomic E-state index is 14.3. The predicted octanol–water partition coefficient (Wildman–Crippen LogP) is 4.88. The molecule has 6 nitrogen and oxygen atoms in total. The van der Waals surface area contributed by atoms with Gasteiger partial charge in [-0.25, -0.2) is 0 Å². The van der Waals surface area contributed by atoms with Gasteiger partial charge in [-0.05, 0) is 30.2 Å². The lowest BCUT2D eigenvalue weighted by molar-refractivity contribution is -0.162. The van der Waals surface area contributed by atoms with Crippen molar-refractivity contribution in [1.82, 2.24) is 0 Å². The standard InChI is InChI=1S/C29H27NO5/c1-3-34-28(32)24-23(19-14-16-22(33-2)17-15-19)18-29(21-12-8-5-9-13-21)25(27(24)31)26(30-35-29)20-10-6-4-7-11-20/h4-17,23-25H,3,18H2,1-2H3/t23?,24?,25-,29+/m1/s1. The second kappa shape index (κ2) is 9.37. The minimum atomic E-state index is -1.03. The van der Waals surface area contributed by atoms with Crippen molar-refractivity contribution >= 4 is 17.5 Å². The van der Waals surface area contributed by atoms with Crippen LogP contribution in [0.5, 0.6) is 5.75 Å². The molecule has 1 heterocycles. The molecule has 0 aromatic heterocycles. The number of esters is 1. The number of rotatable bonds is 6. The summed E-state index contributed by atoms with van der Waals surface area (Å²) in [5.41, 5.74) is 2.02. The Morgan fingerprint density at radius 2 is 1.66 bits per heavy atom. The fraction of sp³-hybridized carbons (Fsp3) is 0.276. The van der Waals surface area contributed by atoms with Crippen molar-refractivity contribution in [3.05, 3.63) is 102 Å². The molecule has 0 bridgehead atoms. The van der Waals surface area contributed by atoms with Crippen molar-refractivity contribution in [2.24, 2.45) is 17.0 Å². The lowest BCUT2D eigenvalue weighted by Gasteiger charge is -2.43. The lowest BCUT2D eigenvalue weighted by Crippen LogP contribution is -2.53. The number of ether oxygens (including phenoxy) is 2. The van der Waals surface area contributed by atoms with Crippen molar-refractivity contribution in [2.45, 2.75) is 24.9 Å². The molecule has 1 aliphatic carbocycles. The number of Topliss-reactive ketones (excluding diaryl/α,β-unsaturated/α-hetero) is 1. The summed E-state index contributed by atoms with van der Waals surface area (Å²) >= 11 is 0. The molecule has 2 aliphatic rings. The van der Waals surface area contributed by atoms with Crippen molar-refractivity contribution < 1.29 is 23.9 Å². The van der Waals surface area contributed by atoms with Gasteiger partial charge in [-0.3, -0.25) is 9.59 Å². The van der Waals surface area contributed by atoms with Crippen LogP contribution >= 0.6 is 0 Å². The van der Waals surface area contributed by atoms with Crippen molar-refractivity contribution in [2.75, 3.05) is 13.7 Å². The summed E-state index contributed by atoms with van der Waals surface area (Å²) in [4.78, 5) is 33.8. The zero-order chi connectivity index (χ0) is 24.4. The fourth-order valence-corrected chi connectivity index (χ4v) is 5.36. The van der Waals surface area contributed by atoms with Crippen molar-refractivity contribution in [1.29, 1.82) is 0 Å². The van der Waals surface area contributed by atoms with E-state index in [2.05, 4.69) is 5.16 Å². The molecule has 0 spiro atoms. The summed E-state index contributed by atoms with van der Waals surface area (Å²) in [5, 5.41) is 4.47. The highest BCUT2D eigenvalue weighted by atomic mass is 16.7. The number of fused-ring (bicyclic) bond motifs is 1. The van der Waals surface area contributed by atoms with Gasteiger partial charge in [0.2, 0.25) is 0 Å². The van der Waals surface area contributed by atoms with Crippen LogP contribution in [0.3, 0.4) is 0 Å². The van der Waals surface area contributed by atoms with Gasteiger partial charge in [0.15, 0.2) is 11.4 Å². The summed E-state index contributed by atoms with van der Waals surface area (Å²) in [6, 6.07) is 26.7. The molecule has 0 N–H and O–H groups in total. The molecule has 0 amide bonds. The van der Waals surface area contributed by atoms with Crippen LogP contribution in [-0.4, -0.2) is 31.2 Å². The van der Waals surface area contributed by atoms with Gasteiger partial charge in [-0.15, -0.1) is 0 Å². The van der Waals surface area contributed by atoms with E-state index in [1.807, 2.05) is 84.9 Å². The zero-order valence-corrected chi connectivity index (χ0v) is 19.7. The van der Waals surface area contributed by atoms with Crippen molar-refractivity contribution in [3.63, 3.8) is 0 Å². The predicted molar refractivity (Wildman–Crippen MR) is 131 cm³/mol. The Morgan fingerprint density at radius 1 is 1.00 bits per heavy atom. The lowest BCUT2D eigenvalue weighted by atomic mass is 9.59. The molecule has 1 aliphatic heterocycles. The van der Waals surface area contributed by atoms with Crippen LogP contribution in [0.2, 0.25) is 0 Å². The number of nitrogens with zero attached hydrogens (tertiary/aromatic N) is 1. The van der Waals surface area contributed by atoms with E-state index in [1.165, 1.54) is 0 Å². The minimum Gasteiger partial charge on any atom is -0.497 e. The number of benzene rings is 3. The van der Waals surface area contributed by atoms with Crippen LogP contribution < -0.4 is 4.74 Å². The molecular weight excluding hydrogens is 442 g/mol. The Hall–Kier alpha value is -3.93. The average Bonchev–Trinajstić information content (AvgIpc) is 3.31. The number of methoxy groups -OCH3 is 1. The quantitative estimate of drug-likeness (QED) is 0.380. The number of hydrogen-bond acceptors (Lipinski definition) is 6. The molecule has 178 valence electrons. The third-order valence-corrected chi connectivity index (χ3v) is 6.98. The van der Waals surface area contributed by atoms with Crippen LogP contribution in [0.15, 0.2) is 90.1 Å². The summed E-state index contributed by atoms with van der Waals surface area (Å²) in [6.45, 7) is 1.94. The van der Waals surface area contributed by atoms with Gasteiger partial charge in [0.25, 0.3) is 0 Å². The molecular formula is C29H27NO5. The van der Waals surface area contributed by atoms with E-state index >= 15 is 0 Å². The van der Waals surface area contributed by atoms with Gasteiger partial charge in [0.1, 0.15) is 23.3 Å². The van der Waals surface area contributed by atoms with E-state index < -0.39 is 29.3 Å². The van der Waals surface area contributed by atoms with Gasteiger partial charge >= 0.3 is 5.97 Å². The molecule has 1 fully saturated rings. The highest BCUT2D eigenvalue weighted by Crippen LogP contribution is 2.55. The summed E-state index contributed by atoms with van der Waals surface area (Å²) in [5.74, 6) is -2.21. The second-order valence-corrected chi connectivity index (χ2v) is 8.84. The Kier molecular flexibility index (Phi) is 6.12. The van der Waals surface area contributed by atoms with E-state index in [9.17, 15) is 9.59 Å². The molecule has 5 rings (SSSR count). The maximum atomic E-state index is 14.3. The molecule has 4 atom stereocenters. The zero-order valence-electron chi connectivity index (χ0n) is 19.7. The number of carbonyl (C=O) groups is 2. The maximum Gasteiger partial charge on any atom is 0.317 e. The molecule has 3 aromatic rings. The van der Waals surface area contributed by atoms with Crippen LogP contribution in [0.25, 0.3) is 0 Å². The smallest absolute Gasteiger partial charge is 0.317 e. The van der Waals surface area contributed by atoms with Gasteiger partial charge in [-0.2, -0.15) is 0 Å². The molecule has 35 heavy (non-hydrogen) atoms. The summed E-state index contributed by atoms with van der Waals surface area (Å²) in [6.07, 6.45) is 0.392. The summed E-state index contributed by atoms with van der Waals surface area (Å²) in [7, 11) is 1.60. The van der Waals surface area contributed by atoms with Gasteiger partial charge in [0, 0.05) is 17.9 Å². The highest BCUT2D eigenvalue weighted by molar-refractivity contribution is 6.19. The molecule has 0 radical (unpaired) electrons. The molecule has 1 saturated carbocycles. The van der Waals surface area contributed by atoms with E-state index in [0.29, 0.717) is 17.9 Å². The van der Waals surface area contributed by atoms with E-state index in [0.717, 1.165) is 16.7 Å². The van der Waals surface area contributed by atoms with E-state index in [1.54, 1.807) is 14.0 Å². The first-order valence-electron chi connectivity index (χ1n) is 11.8. The van der Waals surface area contributed by atoms with Crippen LogP contribution in [-0.2, 0) is 24.8 Å². The Labute approximate surface area is 204 Å². The van der Waals surface area contributed by atoms with E-state index in [4.69, 9.17) is 14.3 Å². The highest BCUT2D eigenvalue weighted by Gasteiger charge is 2.63. The topological polar surface area (TPSA) is 74.2 Å². The van der Waals surface area contributed by atoms with Gasteiger partial charge in [0.05, 0.1) is 13.7 Å². The first-order chi connectivity index (χ1) is 17.1. The fourth-order valence-electron chi connectivity index (χ4n) is 5.36. The third-order valence-electron chi connectivity index (χ3n) is 6.98. The van der Waals surface area contributed by atoms with Gasteiger partial charge in [-0.1, -0.05) is 78.0 Å². The van der Waals surface area contributed by atoms with E-state index in [-0.39, 0.29) is 12.4 Å². The molecule has 6 heteroatoms. The van der Waals surface area contributed by atoms with Crippen molar-refractivity contribution in [3.8, 4) is 5.75 Å². The first-order valence-corrected chi connectivity index (χ1v) is 11.8. The largest absolute Gasteiger partial charge is 0.497 e. The number of ketones is 1. The normalized spacial score (nSPS) is 25.3. The number of oxime groups is 1. The number of carbonyl (C=O) groups excluding carboxylic acids is 2. The van der Waals surface area contributed by atoms with Gasteiger partial charge < -0.3 is 14.3 Å².